The van der Waals surface area contributed by atoms with E-state index in [0.717, 1.165) is 24.4 Å². The Morgan fingerprint density at radius 3 is 2.34 bits per heavy atom. The summed E-state index contributed by atoms with van der Waals surface area (Å²) in [5.74, 6) is -2.07. The monoisotopic (exact) mass is 635 g/mol. The van der Waals surface area contributed by atoms with Gasteiger partial charge in [0.1, 0.15) is 16.5 Å². The van der Waals surface area contributed by atoms with Crippen molar-refractivity contribution < 1.29 is 27.2 Å². The van der Waals surface area contributed by atoms with Gasteiger partial charge in [-0.25, -0.2) is 9.37 Å². The van der Waals surface area contributed by atoms with E-state index in [9.17, 15) is 27.6 Å². The first-order valence-electron chi connectivity index (χ1n) is 14.1. The van der Waals surface area contributed by atoms with Crippen molar-refractivity contribution in [3.63, 3.8) is 0 Å². The van der Waals surface area contributed by atoms with Gasteiger partial charge in [0.25, 0.3) is 11.8 Å². The van der Waals surface area contributed by atoms with Gasteiger partial charge < -0.3 is 25.0 Å². The number of nitrogens with zero attached hydrogens (tertiary/aromatic N) is 5. The number of piperazine rings is 2. The molecule has 236 valence electrons. The second-order valence-electron chi connectivity index (χ2n) is 11.3. The van der Waals surface area contributed by atoms with E-state index in [4.69, 9.17) is 0 Å². The molecule has 2 saturated heterocycles. The van der Waals surface area contributed by atoms with E-state index in [-0.39, 0.29) is 45.6 Å². The summed E-state index contributed by atoms with van der Waals surface area (Å²) in [6.07, 6.45) is -4.25. The molecule has 3 aromatic rings. The molecular weight excluding hydrogens is 602 g/mol. The van der Waals surface area contributed by atoms with Crippen LogP contribution in [0.3, 0.4) is 0 Å². The van der Waals surface area contributed by atoms with Crippen LogP contribution in [0.5, 0.6) is 0 Å². The lowest BCUT2D eigenvalue weighted by Gasteiger charge is -2.44. The summed E-state index contributed by atoms with van der Waals surface area (Å²) in [6.45, 7) is 7.44. The molecule has 15 heteroatoms. The third kappa shape index (κ3) is 6.49. The van der Waals surface area contributed by atoms with Crippen molar-refractivity contribution >= 4 is 34.5 Å². The molecule has 2 aliphatic rings. The molecule has 2 fully saturated rings. The summed E-state index contributed by atoms with van der Waals surface area (Å²) in [5, 5.41) is 4.26. The maximum Gasteiger partial charge on any atom is 0.417 e. The van der Waals surface area contributed by atoms with E-state index in [1.54, 1.807) is 10.3 Å². The van der Waals surface area contributed by atoms with Gasteiger partial charge in [0.05, 0.1) is 22.5 Å². The number of rotatable bonds is 5. The number of aromatic nitrogens is 2. The zero-order valence-corrected chi connectivity index (χ0v) is 25.5. The van der Waals surface area contributed by atoms with Gasteiger partial charge in [0.15, 0.2) is 0 Å². The fourth-order valence-corrected chi connectivity index (χ4v) is 6.25. The van der Waals surface area contributed by atoms with E-state index in [2.05, 4.69) is 25.1 Å². The van der Waals surface area contributed by atoms with Crippen molar-refractivity contribution in [3.05, 3.63) is 62.8 Å². The SMILES string of the molecule is C[C@@H]1CN(c2cc(F)c(-c3nc(C(=O)N4CCN(C)CC4)cs3)cc2NC(=O)c2c[nH]c(=O)cc2C(F)(F)F)C[C@H](C)N1C. The summed E-state index contributed by atoms with van der Waals surface area (Å²) in [5.41, 5.74) is -2.69. The average molecular weight is 636 g/mol. The second kappa shape index (κ2) is 12.3. The standard InChI is InChI=1S/C29H33F4N7O3S/c1-16-13-40(14-17(2)38(16)4)24-11-21(30)18(27-36-23(15-44-27)28(43)39-7-5-37(3)6-8-39)9-22(24)35-26(42)19-12-34-25(41)10-20(19)29(31,32)33/h9-12,15-17H,5-8,13-14H2,1-4H3,(H,34,41)(H,35,42)/t16-,17+. The van der Waals surface area contributed by atoms with Crippen molar-refractivity contribution in [2.45, 2.75) is 32.1 Å². The molecule has 0 bridgehead atoms. The molecule has 2 aromatic heterocycles. The Morgan fingerprint density at radius 1 is 1.05 bits per heavy atom. The van der Waals surface area contributed by atoms with Gasteiger partial charge in [0.2, 0.25) is 5.56 Å². The lowest BCUT2D eigenvalue weighted by Crippen LogP contribution is -2.55. The minimum Gasteiger partial charge on any atom is -0.367 e. The van der Waals surface area contributed by atoms with Crippen LogP contribution >= 0.6 is 11.3 Å². The predicted molar refractivity (Wildman–Crippen MR) is 160 cm³/mol. The van der Waals surface area contributed by atoms with Gasteiger partial charge in [-0.05, 0) is 34.0 Å². The van der Waals surface area contributed by atoms with Crippen molar-refractivity contribution in [3.8, 4) is 10.6 Å². The van der Waals surface area contributed by atoms with Crippen LogP contribution in [0.25, 0.3) is 10.6 Å². The molecule has 1 aromatic carbocycles. The maximum absolute atomic E-state index is 15.8. The zero-order chi connectivity index (χ0) is 31.9. The molecule has 0 radical (unpaired) electrons. The number of anilines is 2. The van der Waals surface area contributed by atoms with Gasteiger partial charge in [-0.15, -0.1) is 11.3 Å². The molecule has 0 saturated carbocycles. The van der Waals surface area contributed by atoms with Gasteiger partial charge >= 0.3 is 6.18 Å². The highest BCUT2D eigenvalue weighted by Gasteiger charge is 2.36. The number of H-pyrrole nitrogens is 1. The van der Waals surface area contributed by atoms with E-state index in [1.807, 2.05) is 32.8 Å². The highest BCUT2D eigenvalue weighted by Crippen LogP contribution is 2.38. The Morgan fingerprint density at radius 2 is 1.70 bits per heavy atom. The number of thiazole rings is 1. The Kier molecular flexibility index (Phi) is 8.82. The fourth-order valence-electron chi connectivity index (χ4n) is 5.44. The first kappa shape index (κ1) is 31.6. The number of halogens is 4. The quantitative estimate of drug-likeness (QED) is 0.411. The normalized spacial score (nSPS) is 20.2. The Hall–Kier alpha value is -3.82. The average Bonchev–Trinajstić information content (AvgIpc) is 3.46. The highest BCUT2D eigenvalue weighted by atomic mass is 32.1. The Bertz CT molecular complexity index is 1600. The molecular formula is C29H33F4N7O3S. The number of aromatic amines is 1. The second-order valence-corrected chi connectivity index (χ2v) is 12.2. The minimum absolute atomic E-state index is 0.0146. The van der Waals surface area contributed by atoms with Gasteiger partial charge in [0, 0.05) is 80.6 Å². The third-order valence-electron chi connectivity index (χ3n) is 8.25. The molecule has 2 atom stereocenters. The predicted octanol–water partition coefficient (Wildman–Crippen LogP) is 3.83. The smallest absolute Gasteiger partial charge is 0.367 e. The first-order valence-corrected chi connectivity index (χ1v) is 15.0. The van der Waals surface area contributed by atoms with Crippen LogP contribution < -0.4 is 15.8 Å². The lowest BCUT2D eigenvalue weighted by molar-refractivity contribution is -0.138. The molecule has 0 spiro atoms. The van der Waals surface area contributed by atoms with Crippen LogP contribution in [0.1, 0.15) is 40.3 Å². The summed E-state index contributed by atoms with van der Waals surface area (Å²) in [4.78, 5) is 52.4. The molecule has 44 heavy (non-hydrogen) atoms. The van der Waals surface area contributed by atoms with Crippen LogP contribution in [-0.2, 0) is 6.18 Å². The number of hydrogen-bond donors (Lipinski definition) is 2. The zero-order valence-electron chi connectivity index (χ0n) is 24.7. The maximum atomic E-state index is 15.8. The number of benzene rings is 1. The molecule has 2 amide bonds. The van der Waals surface area contributed by atoms with E-state index < -0.39 is 34.6 Å². The van der Waals surface area contributed by atoms with Crippen LogP contribution in [-0.4, -0.2) is 102 Å². The third-order valence-corrected chi connectivity index (χ3v) is 9.13. The summed E-state index contributed by atoms with van der Waals surface area (Å²) >= 11 is 1.05. The van der Waals surface area contributed by atoms with Crippen LogP contribution in [0.15, 0.2) is 34.6 Å². The number of carbonyl (C=O) groups excluding carboxylic acids is 2. The molecule has 0 unspecified atom stereocenters. The fraction of sp³-hybridized carbons (Fsp3) is 0.448. The number of nitrogens with one attached hydrogen (secondary N) is 2. The highest BCUT2D eigenvalue weighted by molar-refractivity contribution is 7.13. The van der Waals surface area contributed by atoms with E-state index >= 15 is 4.39 Å². The number of pyridine rings is 1. The number of hydrogen-bond acceptors (Lipinski definition) is 8. The molecule has 10 nitrogen and oxygen atoms in total. The largest absolute Gasteiger partial charge is 0.417 e. The number of alkyl halides is 3. The van der Waals surface area contributed by atoms with Crippen LogP contribution in [0.2, 0.25) is 0 Å². The molecule has 4 heterocycles. The number of carbonyl (C=O) groups is 2. The van der Waals surface area contributed by atoms with Crippen molar-refractivity contribution in [1.29, 1.82) is 0 Å². The molecule has 2 N–H and O–H groups in total. The van der Waals surface area contributed by atoms with Gasteiger partial charge in [-0.3, -0.25) is 19.3 Å². The minimum atomic E-state index is -4.96. The first-order chi connectivity index (χ1) is 20.7. The van der Waals surface area contributed by atoms with Crippen molar-refractivity contribution in [2.75, 3.05) is 63.6 Å². The van der Waals surface area contributed by atoms with Crippen molar-refractivity contribution in [2.24, 2.45) is 0 Å². The summed E-state index contributed by atoms with van der Waals surface area (Å²) in [7, 11) is 3.94. The number of likely N-dealkylation sites (N-methyl/N-ethyl adjacent to an activating group) is 2. The van der Waals surface area contributed by atoms with Gasteiger partial charge in [-0.1, -0.05) is 0 Å². The Labute approximate surface area is 255 Å². The molecule has 0 aliphatic carbocycles. The number of amides is 2. The van der Waals surface area contributed by atoms with E-state index in [0.29, 0.717) is 38.4 Å². The van der Waals surface area contributed by atoms with Crippen molar-refractivity contribution in [1.82, 2.24) is 24.7 Å². The topological polar surface area (TPSA) is 105 Å². The van der Waals surface area contributed by atoms with Gasteiger partial charge in [-0.2, -0.15) is 13.2 Å². The van der Waals surface area contributed by atoms with Crippen LogP contribution in [0.4, 0.5) is 28.9 Å². The molecule has 5 rings (SSSR count). The molecule has 2 aliphatic heterocycles. The Balaban J connectivity index is 1.53. The summed E-state index contributed by atoms with van der Waals surface area (Å²) < 4.78 is 57.0. The van der Waals surface area contributed by atoms with Crippen LogP contribution in [0, 0.1) is 5.82 Å². The lowest BCUT2D eigenvalue weighted by atomic mass is 10.1. The summed E-state index contributed by atoms with van der Waals surface area (Å²) in [6, 6.07) is 3.00. The van der Waals surface area contributed by atoms with E-state index in [1.165, 1.54) is 12.1 Å².